The molecule has 2 aliphatic carbocycles. The van der Waals surface area contributed by atoms with Gasteiger partial charge in [0.15, 0.2) is 5.78 Å². The molecule has 0 aromatic heterocycles. The lowest BCUT2D eigenvalue weighted by Crippen LogP contribution is -2.49. The monoisotopic (exact) mass is 776 g/mol. The fourth-order valence-corrected chi connectivity index (χ4v) is 9.62. The number of rotatable bonds is 6. The summed E-state index contributed by atoms with van der Waals surface area (Å²) in [6.07, 6.45) is 7.16. The third-order valence-electron chi connectivity index (χ3n) is 12.4. The minimum atomic E-state index is -3.95. The number of ether oxygens (including phenoxy) is 1. The van der Waals surface area contributed by atoms with Crippen molar-refractivity contribution in [3.05, 3.63) is 77.1 Å². The first-order valence-electron chi connectivity index (χ1n) is 19.7. The van der Waals surface area contributed by atoms with Gasteiger partial charge in [0.05, 0.1) is 29.3 Å². The molecule has 2 aromatic rings. The van der Waals surface area contributed by atoms with Crippen LogP contribution in [0.15, 0.2) is 54.6 Å². The summed E-state index contributed by atoms with van der Waals surface area (Å²) in [6.45, 7) is 8.16. The normalized spacial score (nSPS) is 28.5. The van der Waals surface area contributed by atoms with E-state index in [1.165, 1.54) is 15.9 Å². The number of allylic oxidation sites excluding steroid dienone is 2. The Morgan fingerprint density at radius 2 is 1.78 bits per heavy atom. The topological polar surface area (TPSA) is 142 Å². The van der Waals surface area contributed by atoms with Gasteiger partial charge in [-0.1, -0.05) is 70.0 Å². The Morgan fingerprint density at radius 1 is 1.02 bits per heavy atom. The first kappa shape index (κ1) is 39.0. The predicted molar refractivity (Wildman–Crippen MR) is 206 cm³/mol. The Hall–Kier alpha value is -4.26. The number of anilines is 1. The van der Waals surface area contributed by atoms with E-state index in [-0.39, 0.29) is 55.5 Å². The second kappa shape index (κ2) is 14.7. The maximum absolute atomic E-state index is 14.7. The number of hydrogen-bond acceptors (Lipinski definition) is 8. The number of nitrogens with zero attached hydrogens (tertiary/aromatic N) is 2. The van der Waals surface area contributed by atoms with Crippen molar-refractivity contribution in [2.75, 3.05) is 11.9 Å². The summed E-state index contributed by atoms with van der Waals surface area (Å²) < 4.78 is 48.1. The maximum Gasteiger partial charge on any atom is 0.410 e. The van der Waals surface area contributed by atoms with Gasteiger partial charge in [0, 0.05) is 30.6 Å². The van der Waals surface area contributed by atoms with Crippen LogP contribution < -0.4 is 10.0 Å². The fraction of sp³-hybridized carbons (Fsp3) is 0.571. The second-order valence-corrected chi connectivity index (χ2v) is 19.8. The second-order valence-electron chi connectivity index (χ2n) is 17.6. The van der Waals surface area contributed by atoms with Crippen molar-refractivity contribution in [1.82, 2.24) is 14.5 Å². The van der Waals surface area contributed by atoms with Crippen LogP contribution in [0.5, 0.6) is 0 Å². The van der Waals surface area contributed by atoms with Gasteiger partial charge in [-0.2, -0.15) is 0 Å². The van der Waals surface area contributed by atoms with Crippen LogP contribution in [0.1, 0.15) is 109 Å². The zero-order chi connectivity index (χ0) is 39.3. The SMILES string of the molecule is CC(C)(C)c1cccc(N[C@H]2CCCCC/C=C\[C@H]3C[C@@]3(C(=O)NS(=O)(=O)C3(C)CC3)CC(=O)[C@@H]3C[C@@H](OC(=O)N4Cc5cccc(F)c5C4)CN3C2=O)c1. The highest BCUT2D eigenvalue weighted by molar-refractivity contribution is 7.91. The maximum atomic E-state index is 14.7. The van der Waals surface area contributed by atoms with Crippen LogP contribution in [0.2, 0.25) is 0 Å². The molecule has 3 fully saturated rings. The van der Waals surface area contributed by atoms with Crippen LogP contribution in [0.25, 0.3) is 0 Å². The van der Waals surface area contributed by atoms with E-state index >= 15 is 0 Å². The zero-order valence-corrected chi connectivity index (χ0v) is 33.1. The highest BCUT2D eigenvalue weighted by Crippen LogP contribution is 2.57. The van der Waals surface area contributed by atoms with Crippen molar-refractivity contribution in [1.29, 1.82) is 0 Å². The Morgan fingerprint density at radius 3 is 2.51 bits per heavy atom. The first-order chi connectivity index (χ1) is 26.0. The van der Waals surface area contributed by atoms with Gasteiger partial charge >= 0.3 is 6.09 Å². The molecule has 3 amide bonds. The van der Waals surface area contributed by atoms with Gasteiger partial charge < -0.3 is 15.0 Å². The van der Waals surface area contributed by atoms with Gasteiger partial charge in [-0.3, -0.25) is 24.0 Å². The van der Waals surface area contributed by atoms with E-state index in [0.29, 0.717) is 36.8 Å². The summed E-state index contributed by atoms with van der Waals surface area (Å²) >= 11 is 0. The Bertz CT molecular complexity index is 2010. The summed E-state index contributed by atoms with van der Waals surface area (Å²) in [7, 11) is -3.95. The highest BCUT2D eigenvalue weighted by atomic mass is 32.2. The van der Waals surface area contributed by atoms with Gasteiger partial charge in [-0.25, -0.2) is 17.6 Å². The first-order valence-corrected chi connectivity index (χ1v) is 21.1. The van der Waals surface area contributed by atoms with Gasteiger partial charge in [0.25, 0.3) is 0 Å². The average molecular weight is 777 g/mol. The molecule has 2 saturated carbocycles. The van der Waals surface area contributed by atoms with Crippen LogP contribution in [-0.4, -0.2) is 71.4 Å². The largest absolute Gasteiger partial charge is 0.444 e. The number of fused-ring (bicyclic) bond motifs is 3. The molecule has 11 nitrogen and oxygen atoms in total. The molecular formula is C42H53FN4O7S. The zero-order valence-electron chi connectivity index (χ0n) is 32.2. The molecule has 3 heterocycles. The lowest BCUT2D eigenvalue weighted by molar-refractivity contribution is -0.139. The molecule has 0 unspecified atom stereocenters. The lowest BCUT2D eigenvalue weighted by Gasteiger charge is -2.30. The van der Waals surface area contributed by atoms with Crippen LogP contribution in [0.4, 0.5) is 14.9 Å². The van der Waals surface area contributed by atoms with Gasteiger partial charge in [-0.15, -0.1) is 0 Å². The number of sulfonamides is 1. The van der Waals surface area contributed by atoms with Gasteiger partial charge in [0.1, 0.15) is 18.0 Å². The number of benzene rings is 2. The Labute approximate surface area is 323 Å². The molecule has 0 spiro atoms. The predicted octanol–water partition coefficient (Wildman–Crippen LogP) is 6.51. The number of carbonyl (C=O) groups is 4. The Kier molecular flexibility index (Phi) is 10.4. The molecule has 296 valence electrons. The average Bonchev–Trinajstić information content (AvgIpc) is 3.92. The molecule has 5 atom stereocenters. The fourth-order valence-electron chi connectivity index (χ4n) is 8.29. The number of hydrogen-bond donors (Lipinski definition) is 2. The van der Waals surface area contributed by atoms with Crippen LogP contribution >= 0.6 is 0 Å². The minimum Gasteiger partial charge on any atom is -0.444 e. The molecule has 55 heavy (non-hydrogen) atoms. The van der Waals surface area contributed by atoms with Crippen molar-refractivity contribution < 1.29 is 36.7 Å². The van der Waals surface area contributed by atoms with Gasteiger partial charge in [0.2, 0.25) is 21.8 Å². The summed E-state index contributed by atoms with van der Waals surface area (Å²) in [4.78, 5) is 59.6. The van der Waals surface area contributed by atoms with Gasteiger partial charge in [-0.05, 0) is 86.1 Å². The summed E-state index contributed by atoms with van der Waals surface area (Å²) in [6, 6.07) is 11.0. The number of nitrogens with one attached hydrogen (secondary N) is 2. The summed E-state index contributed by atoms with van der Waals surface area (Å²) in [5.41, 5.74) is 1.61. The van der Waals surface area contributed by atoms with E-state index < -0.39 is 56.2 Å². The van der Waals surface area contributed by atoms with Crippen molar-refractivity contribution in [3.63, 3.8) is 0 Å². The van der Waals surface area contributed by atoms with E-state index in [4.69, 9.17) is 4.74 Å². The van der Waals surface area contributed by atoms with Crippen molar-refractivity contribution in [3.8, 4) is 0 Å². The molecule has 13 heteroatoms. The van der Waals surface area contributed by atoms with Crippen LogP contribution in [-0.2, 0) is 47.6 Å². The third kappa shape index (κ3) is 8.04. The molecule has 7 rings (SSSR count). The number of Topliss-reactive ketones (excluding diaryl/α,β-unsaturated/α-hetero) is 1. The molecule has 0 radical (unpaired) electrons. The molecule has 2 aromatic carbocycles. The van der Waals surface area contributed by atoms with Crippen LogP contribution in [0, 0.1) is 17.2 Å². The molecule has 3 aliphatic heterocycles. The smallest absolute Gasteiger partial charge is 0.410 e. The molecule has 5 aliphatic rings. The van der Waals surface area contributed by atoms with Crippen molar-refractivity contribution in [2.45, 2.75) is 133 Å². The number of carbonyl (C=O) groups excluding carboxylic acids is 4. The Balaban J connectivity index is 1.16. The number of amides is 3. The minimum absolute atomic E-state index is 0.0201. The quantitative estimate of drug-likeness (QED) is 0.317. The number of halogens is 1. The van der Waals surface area contributed by atoms with E-state index in [1.54, 1.807) is 19.1 Å². The molecule has 2 N–H and O–H groups in total. The molecule has 0 bridgehead atoms. The van der Waals surface area contributed by atoms with E-state index in [9.17, 15) is 32.0 Å². The molecular weight excluding hydrogens is 724 g/mol. The standard InChI is InChI=1S/C42H53FN4O7S/c1-40(2,3)28-14-11-15-30(20-28)44-34-17-9-7-5-6-8-13-29-22-42(29,38(50)45-55(52,53)41(4)18-19-41)23-36(48)35-21-31(25-47(35)37(34)49)54-39(51)46-24-27-12-10-16-33(43)32(27)26-46/h8,10-16,20,29,31,34-35,44H,5-7,9,17-19,21-26H2,1-4H3,(H,45,50)/b13-8-/t29-,31+,34-,35-,42+/m0/s1. The third-order valence-corrected chi connectivity index (χ3v) is 14.5. The van der Waals surface area contributed by atoms with Crippen LogP contribution in [0.3, 0.4) is 0 Å². The summed E-state index contributed by atoms with van der Waals surface area (Å²) in [5, 5.41) is 3.47. The number of ketones is 1. The van der Waals surface area contributed by atoms with E-state index in [0.717, 1.165) is 36.9 Å². The summed E-state index contributed by atoms with van der Waals surface area (Å²) in [5.74, 6) is -2.10. The van der Waals surface area contributed by atoms with E-state index in [1.807, 2.05) is 36.4 Å². The molecule has 1 saturated heterocycles. The highest BCUT2D eigenvalue weighted by Gasteiger charge is 2.62. The lowest BCUT2D eigenvalue weighted by atomic mass is 9.87. The van der Waals surface area contributed by atoms with E-state index in [2.05, 4.69) is 30.8 Å². The van der Waals surface area contributed by atoms with Crippen molar-refractivity contribution >= 4 is 39.4 Å². The van der Waals surface area contributed by atoms with Crippen molar-refractivity contribution in [2.24, 2.45) is 11.3 Å².